The van der Waals surface area contributed by atoms with E-state index in [0.29, 0.717) is 19.2 Å². The van der Waals surface area contributed by atoms with E-state index < -0.39 is 34.7 Å². The first-order valence-corrected chi connectivity index (χ1v) is 11.6. The summed E-state index contributed by atoms with van der Waals surface area (Å²) < 4.78 is 60.6. The summed E-state index contributed by atoms with van der Waals surface area (Å²) in [6.07, 6.45) is 1.64. The number of benzene rings is 2. The lowest BCUT2D eigenvalue weighted by atomic mass is 10.1. The zero-order valence-corrected chi connectivity index (χ0v) is 19.3. The number of carbonyl (C=O) groups excluding carboxylic acids is 1. The Morgan fingerprint density at radius 3 is 2.08 bits per heavy atom. The molecular formula is C25H23F4N5O2. The maximum absolute atomic E-state index is 14.1. The molecule has 0 radical (unpaired) electrons. The monoisotopic (exact) mass is 501 g/mol. The number of aromatic nitrogens is 2. The van der Waals surface area contributed by atoms with Crippen molar-refractivity contribution in [1.29, 1.82) is 0 Å². The van der Waals surface area contributed by atoms with Gasteiger partial charge in [0.25, 0.3) is 5.91 Å². The van der Waals surface area contributed by atoms with Crippen LogP contribution in [0, 0.1) is 23.3 Å². The summed E-state index contributed by atoms with van der Waals surface area (Å²) in [5, 5.41) is 0. The predicted octanol–water partition coefficient (Wildman–Crippen LogP) is 3.50. The van der Waals surface area contributed by atoms with Crippen molar-refractivity contribution >= 4 is 17.5 Å². The number of ether oxygens (including phenoxy) is 1. The maximum Gasteiger partial charge on any atom is 0.260 e. The second-order valence-corrected chi connectivity index (χ2v) is 8.51. The molecule has 0 spiro atoms. The van der Waals surface area contributed by atoms with Gasteiger partial charge in [-0.25, -0.2) is 27.5 Å². The molecule has 3 aromatic rings. The number of nitrogens with zero attached hydrogens (tertiary/aromatic N) is 5. The number of rotatable bonds is 4. The Morgan fingerprint density at radius 1 is 0.806 bits per heavy atom. The molecule has 7 nitrogen and oxygen atoms in total. The minimum Gasteiger partial charge on any atom is -0.378 e. The third kappa shape index (κ3) is 4.70. The van der Waals surface area contributed by atoms with Gasteiger partial charge in [-0.1, -0.05) is 12.1 Å². The van der Waals surface area contributed by atoms with Gasteiger partial charge in [-0.2, -0.15) is 0 Å². The summed E-state index contributed by atoms with van der Waals surface area (Å²) in [4.78, 5) is 26.9. The molecule has 0 bridgehead atoms. The van der Waals surface area contributed by atoms with E-state index in [0.717, 1.165) is 34.9 Å². The van der Waals surface area contributed by atoms with Crippen LogP contribution in [0.3, 0.4) is 0 Å². The summed E-state index contributed by atoms with van der Waals surface area (Å²) in [7, 11) is 0. The number of amides is 1. The Labute approximate surface area is 204 Å². The number of morpholine rings is 1. The van der Waals surface area contributed by atoms with Crippen LogP contribution in [0.25, 0.3) is 11.3 Å². The van der Waals surface area contributed by atoms with Crippen molar-refractivity contribution in [2.24, 2.45) is 0 Å². The average molecular weight is 501 g/mol. The zero-order chi connectivity index (χ0) is 25.2. The van der Waals surface area contributed by atoms with Gasteiger partial charge in [-0.15, -0.1) is 0 Å². The lowest BCUT2D eigenvalue weighted by molar-refractivity contribution is 0.0733. The van der Waals surface area contributed by atoms with E-state index in [1.807, 2.05) is 29.2 Å². The molecule has 2 aliphatic rings. The molecule has 1 amide bonds. The third-order valence-electron chi connectivity index (χ3n) is 6.36. The van der Waals surface area contributed by atoms with Crippen LogP contribution in [0.5, 0.6) is 0 Å². The SMILES string of the molecule is O=C(c1c(F)c(F)cc(F)c1F)N1CCN(c2nccc(-c3ccc(N4CCOCC4)cc3)n2)CC1. The van der Waals surface area contributed by atoms with Gasteiger partial charge in [0.1, 0.15) is 5.56 Å². The fourth-order valence-corrected chi connectivity index (χ4v) is 4.35. The molecule has 5 rings (SSSR count). The number of halogens is 4. The van der Waals surface area contributed by atoms with Gasteiger partial charge in [0.2, 0.25) is 5.95 Å². The Kier molecular flexibility index (Phi) is 6.73. The lowest BCUT2D eigenvalue weighted by Gasteiger charge is -2.35. The molecule has 0 atom stereocenters. The van der Waals surface area contributed by atoms with E-state index in [1.165, 1.54) is 0 Å². The van der Waals surface area contributed by atoms with Crippen LogP contribution in [0.4, 0.5) is 29.2 Å². The number of hydrogen-bond donors (Lipinski definition) is 0. The Morgan fingerprint density at radius 2 is 1.44 bits per heavy atom. The van der Waals surface area contributed by atoms with Crippen LogP contribution in [0.2, 0.25) is 0 Å². The lowest BCUT2D eigenvalue weighted by Crippen LogP contribution is -2.49. The van der Waals surface area contributed by atoms with Crippen molar-refractivity contribution < 1.29 is 27.1 Å². The largest absolute Gasteiger partial charge is 0.378 e. The third-order valence-corrected chi connectivity index (χ3v) is 6.36. The second kappa shape index (κ2) is 10.1. The normalized spacial score (nSPS) is 16.4. The zero-order valence-electron chi connectivity index (χ0n) is 19.3. The maximum atomic E-state index is 14.1. The second-order valence-electron chi connectivity index (χ2n) is 8.51. The van der Waals surface area contributed by atoms with Crippen molar-refractivity contribution in [2.75, 3.05) is 62.3 Å². The van der Waals surface area contributed by atoms with Gasteiger partial charge >= 0.3 is 0 Å². The number of hydrogen-bond acceptors (Lipinski definition) is 6. The fourth-order valence-electron chi connectivity index (χ4n) is 4.35. The van der Waals surface area contributed by atoms with E-state index in [4.69, 9.17) is 4.74 Å². The first-order valence-electron chi connectivity index (χ1n) is 11.6. The van der Waals surface area contributed by atoms with Crippen LogP contribution >= 0.6 is 0 Å². The van der Waals surface area contributed by atoms with Crippen LogP contribution in [0.15, 0.2) is 42.6 Å². The summed E-state index contributed by atoms with van der Waals surface area (Å²) in [5.74, 6) is -7.27. The molecule has 188 valence electrons. The van der Waals surface area contributed by atoms with Crippen LogP contribution < -0.4 is 9.80 Å². The van der Waals surface area contributed by atoms with Gasteiger partial charge < -0.3 is 19.4 Å². The molecule has 2 fully saturated rings. The van der Waals surface area contributed by atoms with Crippen LogP contribution in [-0.2, 0) is 4.74 Å². The highest BCUT2D eigenvalue weighted by Crippen LogP contribution is 2.25. The highest BCUT2D eigenvalue weighted by molar-refractivity contribution is 5.95. The van der Waals surface area contributed by atoms with Gasteiger partial charge in [0.15, 0.2) is 23.3 Å². The number of piperazine rings is 1. The predicted molar refractivity (Wildman–Crippen MR) is 125 cm³/mol. The van der Waals surface area contributed by atoms with Crippen molar-refractivity contribution in [1.82, 2.24) is 14.9 Å². The molecule has 0 saturated carbocycles. The number of carbonyl (C=O) groups is 1. The first kappa shape index (κ1) is 24.0. The van der Waals surface area contributed by atoms with Gasteiger partial charge in [-0.05, 0) is 18.2 Å². The average Bonchev–Trinajstić information content (AvgIpc) is 2.93. The quantitative estimate of drug-likeness (QED) is 0.403. The Balaban J connectivity index is 1.26. The molecule has 36 heavy (non-hydrogen) atoms. The van der Waals surface area contributed by atoms with Crippen LogP contribution in [-0.4, -0.2) is 73.3 Å². The van der Waals surface area contributed by atoms with Crippen molar-refractivity contribution in [2.45, 2.75) is 0 Å². The van der Waals surface area contributed by atoms with E-state index in [1.54, 1.807) is 12.3 Å². The molecule has 2 aromatic carbocycles. The highest BCUT2D eigenvalue weighted by Gasteiger charge is 2.31. The molecule has 2 saturated heterocycles. The Hall–Kier alpha value is -3.73. The van der Waals surface area contributed by atoms with Crippen LogP contribution in [0.1, 0.15) is 10.4 Å². The minimum absolute atomic E-state index is 0.0810. The summed E-state index contributed by atoms with van der Waals surface area (Å²) in [5.41, 5.74) is 1.54. The molecule has 2 aliphatic heterocycles. The highest BCUT2D eigenvalue weighted by atomic mass is 19.2. The van der Waals surface area contributed by atoms with E-state index in [-0.39, 0.29) is 32.2 Å². The first-order chi connectivity index (χ1) is 17.4. The molecule has 0 aliphatic carbocycles. The summed E-state index contributed by atoms with van der Waals surface area (Å²) in [6.45, 7) is 3.84. The van der Waals surface area contributed by atoms with Crippen molar-refractivity contribution in [3.63, 3.8) is 0 Å². The van der Waals surface area contributed by atoms with Gasteiger partial charge in [0.05, 0.1) is 18.9 Å². The topological polar surface area (TPSA) is 61.8 Å². The Bertz CT molecular complexity index is 1230. The molecular weight excluding hydrogens is 478 g/mol. The van der Waals surface area contributed by atoms with Gasteiger partial charge in [0, 0.05) is 62.8 Å². The molecule has 11 heteroatoms. The van der Waals surface area contributed by atoms with E-state index in [2.05, 4.69) is 14.9 Å². The molecule has 0 N–H and O–H groups in total. The number of anilines is 2. The van der Waals surface area contributed by atoms with Crippen molar-refractivity contribution in [3.8, 4) is 11.3 Å². The summed E-state index contributed by atoms with van der Waals surface area (Å²) >= 11 is 0. The molecule has 3 heterocycles. The van der Waals surface area contributed by atoms with Crippen molar-refractivity contribution in [3.05, 3.63) is 71.4 Å². The standard InChI is InChI=1S/C25H23F4N5O2/c26-18-15-19(27)23(29)21(22(18)28)24(35)33-7-9-34(10-8-33)25-30-6-5-20(31-25)16-1-3-17(4-2-16)32-11-13-36-14-12-32/h1-6,15H,7-14H2. The van der Waals surface area contributed by atoms with Gasteiger partial charge in [-0.3, -0.25) is 4.79 Å². The van der Waals surface area contributed by atoms with E-state index >= 15 is 0 Å². The summed E-state index contributed by atoms with van der Waals surface area (Å²) in [6, 6.07) is 9.96. The van der Waals surface area contributed by atoms with E-state index in [9.17, 15) is 22.4 Å². The molecule has 0 unspecified atom stereocenters. The smallest absolute Gasteiger partial charge is 0.260 e. The fraction of sp³-hybridized carbons (Fsp3) is 0.320. The molecule has 1 aromatic heterocycles. The minimum atomic E-state index is -1.70.